The number of nitrogens with two attached hydrogens (primary N) is 1. The Morgan fingerprint density at radius 2 is 2.21 bits per heavy atom. The van der Waals surface area contributed by atoms with Crippen LogP contribution in [0.3, 0.4) is 0 Å². The van der Waals surface area contributed by atoms with E-state index in [4.69, 9.17) is 5.73 Å². The van der Waals surface area contributed by atoms with Crippen LogP contribution in [-0.2, 0) is 11.3 Å². The smallest absolute Gasteiger partial charge is 0.269 e. The summed E-state index contributed by atoms with van der Waals surface area (Å²) in [6.45, 7) is 3.12. The fourth-order valence-corrected chi connectivity index (χ4v) is 3.65. The highest BCUT2D eigenvalue weighted by molar-refractivity contribution is 5.94. The second kappa shape index (κ2) is 6.57. The molecule has 4 N–H and O–H groups in total. The molecule has 2 aliphatic heterocycles. The van der Waals surface area contributed by atoms with Gasteiger partial charge in [0, 0.05) is 5.56 Å². The molecule has 8 heteroatoms. The highest BCUT2D eigenvalue weighted by atomic mass is 19.1. The van der Waals surface area contributed by atoms with E-state index in [1.807, 2.05) is 10.6 Å². The molecule has 2 bridgehead atoms. The summed E-state index contributed by atoms with van der Waals surface area (Å²) in [4.78, 5) is 27.2. The van der Waals surface area contributed by atoms with Crippen LogP contribution in [0.2, 0.25) is 0 Å². The zero-order valence-corrected chi connectivity index (χ0v) is 15.9. The summed E-state index contributed by atoms with van der Waals surface area (Å²) in [5.74, 6) is 4.56. The lowest BCUT2D eigenvalue weighted by atomic mass is 9.86. The van der Waals surface area contributed by atoms with Gasteiger partial charge in [-0.15, -0.1) is 0 Å². The van der Waals surface area contributed by atoms with Gasteiger partial charge in [0.05, 0.1) is 23.8 Å². The molecular weight excluding hydrogens is 375 g/mol. The monoisotopic (exact) mass is 394 g/mol. The Morgan fingerprint density at radius 1 is 1.48 bits per heavy atom. The van der Waals surface area contributed by atoms with Crippen molar-refractivity contribution in [2.45, 2.75) is 38.5 Å². The summed E-state index contributed by atoms with van der Waals surface area (Å²) >= 11 is 0. The minimum absolute atomic E-state index is 0.0644. The standard InChI is InChI=1S/C21H19FN4O3/c1-21(2,29)4-3-11-7-15-14(8-16(11)22)12-5-13(6-12)26-17(9-24-10-27)18(19(23)28)25-20(15)26/h5,7-8,10,13,29H,6,9H2,1-2H3,(H2,23,28)(H,24,27). The van der Waals surface area contributed by atoms with Crippen molar-refractivity contribution >= 4 is 17.9 Å². The van der Waals surface area contributed by atoms with Crippen molar-refractivity contribution in [3.63, 3.8) is 0 Å². The number of primary amides is 1. The Labute approximate surface area is 166 Å². The number of imidazole rings is 1. The molecule has 0 spiro atoms. The quantitative estimate of drug-likeness (QED) is 0.539. The van der Waals surface area contributed by atoms with Crippen molar-refractivity contribution in [2.75, 3.05) is 0 Å². The van der Waals surface area contributed by atoms with Gasteiger partial charge in [-0.25, -0.2) is 9.37 Å². The van der Waals surface area contributed by atoms with Gasteiger partial charge in [0.2, 0.25) is 6.41 Å². The van der Waals surface area contributed by atoms with Crippen LogP contribution < -0.4 is 11.1 Å². The van der Waals surface area contributed by atoms with Gasteiger partial charge in [-0.2, -0.15) is 0 Å². The number of halogens is 1. The van der Waals surface area contributed by atoms with Crippen LogP contribution in [0.25, 0.3) is 17.0 Å². The Balaban J connectivity index is 1.95. The molecule has 1 atom stereocenters. The fraction of sp³-hybridized carbons (Fsp3) is 0.286. The number of allylic oxidation sites excluding steroid dienone is 2. The number of carbonyl (C=O) groups is 2. The van der Waals surface area contributed by atoms with E-state index in [0.717, 1.165) is 5.57 Å². The van der Waals surface area contributed by atoms with E-state index in [-0.39, 0.29) is 23.8 Å². The molecule has 148 valence electrons. The molecule has 0 saturated carbocycles. The van der Waals surface area contributed by atoms with Crippen LogP contribution in [-0.4, -0.2) is 32.6 Å². The molecular formula is C21H19FN4O3. The molecule has 5 rings (SSSR count). The lowest BCUT2D eigenvalue weighted by molar-refractivity contribution is -0.109. The zero-order chi connectivity index (χ0) is 20.9. The molecule has 0 saturated heterocycles. The van der Waals surface area contributed by atoms with Crippen molar-refractivity contribution in [2.24, 2.45) is 5.73 Å². The minimum Gasteiger partial charge on any atom is -0.378 e. The molecule has 0 radical (unpaired) electrons. The zero-order valence-electron chi connectivity index (χ0n) is 15.9. The second-order valence-corrected chi connectivity index (χ2v) is 7.61. The number of nitrogens with zero attached hydrogens (tertiary/aromatic N) is 2. The van der Waals surface area contributed by atoms with Crippen LogP contribution in [0.15, 0.2) is 18.2 Å². The number of carbonyl (C=O) groups excluding carboxylic acids is 2. The average Bonchev–Trinajstić information content (AvgIpc) is 2.85. The van der Waals surface area contributed by atoms with Crippen molar-refractivity contribution in [3.8, 4) is 23.2 Å². The number of aromatic nitrogens is 2. The highest BCUT2D eigenvalue weighted by Crippen LogP contribution is 2.48. The predicted molar refractivity (Wildman–Crippen MR) is 104 cm³/mol. The first-order chi connectivity index (χ1) is 13.7. The van der Waals surface area contributed by atoms with Crippen LogP contribution in [0.4, 0.5) is 4.39 Å². The van der Waals surface area contributed by atoms with Gasteiger partial charge >= 0.3 is 0 Å². The number of benzene rings is 1. The first-order valence-corrected chi connectivity index (χ1v) is 9.08. The summed E-state index contributed by atoms with van der Waals surface area (Å²) in [7, 11) is 0. The maximum Gasteiger partial charge on any atom is 0.269 e. The fourth-order valence-electron chi connectivity index (χ4n) is 3.65. The van der Waals surface area contributed by atoms with Gasteiger partial charge in [0.1, 0.15) is 17.2 Å². The van der Waals surface area contributed by atoms with E-state index >= 15 is 0 Å². The molecule has 2 aromatic rings. The molecule has 1 aromatic carbocycles. The maximum absolute atomic E-state index is 14.7. The van der Waals surface area contributed by atoms with Gasteiger partial charge in [-0.05, 0) is 43.5 Å². The first kappa shape index (κ1) is 18.9. The third-order valence-electron chi connectivity index (χ3n) is 4.95. The van der Waals surface area contributed by atoms with Crippen molar-refractivity contribution < 1.29 is 19.1 Å². The van der Waals surface area contributed by atoms with Crippen LogP contribution in [0.5, 0.6) is 0 Å². The summed E-state index contributed by atoms with van der Waals surface area (Å²) in [5, 5.41) is 12.4. The molecule has 1 unspecified atom stereocenters. The summed E-state index contributed by atoms with van der Waals surface area (Å²) in [5.41, 5.74) is 7.21. The van der Waals surface area contributed by atoms with Crippen LogP contribution >= 0.6 is 0 Å². The SMILES string of the molecule is CC(C)(O)C#Cc1cc2c(cc1F)C1=CC(C1)n1c-2nc(C(N)=O)c1CNC=O. The molecule has 3 heterocycles. The summed E-state index contributed by atoms with van der Waals surface area (Å²) in [6.07, 6.45) is 3.17. The normalized spacial score (nSPS) is 16.3. The minimum atomic E-state index is -1.27. The van der Waals surface area contributed by atoms with Gasteiger partial charge in [-0.3, -0.25) is 9.59 Å². The van der Waals surface area contributed by atoms with Crippen LogP contribution in [0.1, 0.15) is 53.6 Å². The van der Waals surface area contributed by atoms with Crippen molar-refractivity contribution in [3.05, 3.63) is 46.5 Å². The number of rotatable bonds is 4. The van der Waals surface area contributed by atoms with E-state index < -0.39 is 17.3 Å². The Bertz CT molecular complexity index is 1150. The van der Waals surface area contributed by atoms with Gasteiger partial charge in [0.25, 0.3) is 5.91 Å². The lowest BCUT2D eigenvalue weighted by Gasteiger charge is -2.26. The van der Waals surface area contributed by atoms with Crippen molar-refractivity contribution in [1.29, 1.82) is 0 Å². The molecule has 1 aliphatic carbocycles. The Hall–Kier alpha value is -3.44. The number of aliphatic hydroxyl groups is 1. The number of nitrogens with one attached hydrogen (secondary N) is 1. The average molecular weight is 394 g/mol. The van der Waals surface area contributed by atoms with E-state index in [0.29, 0.717) is 35.5 Å². The second-order valence-electron chi connectivity index (χ2n) is 7.61. The summed E-state index contributed by atoms with van der Waals surface area (Å²) in [6, 6.07) is 2.92. The topological polar surface area (TPSA) is 110 Å². The molecule has 1 aromatic heterocycles. The molecule has 2 amide bonds. The maximum atomic E-state index is 14.7. The number of hydrogen-bond acceptors (Lipinski definition) is 4. The summed E-state index contributed by atoms with van der Waals surface area (Å²) < 4.78 is 16.5. The lowest BCUT2D eigenvalue weighted by Crippen LogP contribution is -2.23. The molecule has 3 aliphatic rings. The van der Waals surface area contributed by atoms with E-state index in [9.17, 15) is 19.1 Å². The number of amides is 2. The first-order valence-electron chi connectivity index (χ1n) is 9.08. The third-order valence-corrected chi connectivity index (χ3v) is 4.95. The van der Waals surface area contributed by atoms with Crippen molar-refractivity contribution in [1.82, 2.24) is 14.9 Å². The molecule has 7 nitrogen and oxygen atoms in total. The Morgan fingerprint density at radius 3 is 2.83 bits per heavy atom. The third kappa shape index (κ3) is 3.19. The van der Waals surface area contributed by atoms with Crippen LogP contribution in [0, 0.1) is 17.7 Å². The van der Waals surface area contributed by atoms with Gasteiger partial charge in [-0.1, -0.05) is 17.9 Å². The molecule has 0 fully saturated rings. The van der Waals surface area contributed by atoms with Gasteiger partial charge in [0.15, 0.2) is 5.69 Å². The van der Waals surface area contributed by atoms with Gasteiger partial charge < -0.3 is 20.7 Å². The molecule has 29 heavy (non-hydrogen) atoms. The predicted octanol–water partition coefficient (Wildman–Crippen LogP) is 1.50. The number of hydrogen-bond donors (Lipinski definition) is 3. The largest absolute Gasteiger partial charge is 0.378 e. The highest BCUT2D eigenvalue weighted by Gasteiger charge is 2.35. The van der Waals surface area contributed by atoms with E-state index in [1.54, 1.807) is 6.07 Å². The Kier molecular flexibility index (Phi) is 4.28. The van der Waals surface area contributed by atoms with E-state index in [2.05, 4.69) is 22.1 Å². The van der Waals surface area contributed by atoms with E-state index in [1.165, 1.54) is 19.9 Å².